The summed E-state index contributed by atoms with van der Waals surface area (Å²) in [4.78, 5) is 13.2. The average Bonchev–Trinajstić information content (AvgIpc) is 3.19. The normalized spacial score (nSPS) is 15.4. The van der Waals surface area contributed by atoms with Crippen LogP contribution in [0.15, 0.2) is 16.6 Å². The molecule has 1 saturated carbocycles. The van der Waals surface area contributed by atoms with Crippen molar-refractivity contribution in [2.45, 2.75) is 43.8 Å². The summed E-state index contributed by atoms with van der Waals surface area (Å²) < 4.78 is 1.95. The molecule has 1 aliphatic rings. The number of carbonyl (C=O) groups excluding carboxylic acids is 1. The number of nitrogens with zero attached hydrogens (tertiary/aromatic N) is 3. The number of hydrogen-bond acceptors (Lipinski definition) is 5. The predicted octanol–water partition coefficient (Wildman–Crippen LogP) is 3.00. The van der Waals surface area contributed by atoms with Crippen LogP contribution in [-0.4, -0.2) is 32.5 Å². The van der Waals surface area contributed by atoms with Crippen molar-refractivity contribution < 1.29 is 4.79 Å². The summed E-state index contributed by atoms with van der Waals surface area (Å²) in [6, 6.07) is 2.48. The molecule has 0 aromatic carbocycles. The number of amides is 1. The number of aromatic nitrogens is 3. The van der Waals surface area contributed by atoms with Crippen molar-refractivity contribution in [2.75, 3.05) is 5.75 Å². The van der Waals surface area contributed by atoms with Crippen molar-refractivity contribution in [3.63, 3.8) is 0 Å². The van der Waals surface area contributed by atoms with Crippen molar-refractivity contribution in [2.24, 2.45) is 7.05 Å². The fraction of sp³-hybridized carbons (Fsp3) is 0.533. The first-order valence-corrected chi connectivity index (χ1v) is 9.37. The predicted molar refractivity (Wildman–Crippen MR) is 90.2 cm³/mol. The lowest BCUT2D eigenvalue weighted by molar-refractivity contribution is -0.119. The van der Waals surface area contributed by atoms with E-state index in [0.29, 0.717) is 11.8 Å². The van der Waals surface area contributed by atoms with Crippen molar-refractivity contribution in [1.82, 2.24) is 20.1 Å². The molecule has 0 radical (unpaired) electrons. The molecule has 1 N–H and O–H groups in total. The van der Waals surface area contributed by atoms with Crippen molar-refractivity contribution in [3.05, 3.63) is 16.3 Å². The molecule has 7 heteroatoms. The molecular formula is C15H20N4OS2. The first-order chi connectivity index (χ1) is 10.6. The minimum atomic E-state index is 0.0906. The molecular weight excluding hydrogens is 316 g/mol. The van der Waals surface area contributed by atoms with Gasteiger partial charge in [0.05, 0.1) is 5.75 Å². The van der Waals surface area contributed by atoms with Gasteiger partial charge in [0.1, 0.15) is 0 Å². The van der Waals surface area contributed by atoms with E-state index in [1.54, 1.807) is 11.3 Å². The van der Waals surface area contributed by atoms with Gasteiger partial charge in [-0.2, -0.15) is 0 Å². The van der Waals surface area contributed by atoms with Gasteiger partial charge in [0.25, 0.3) is 0 Å². The maximum Gasteiger partial charge on any atom is 0.230 e. The smallest absolute Gasteiger partial charge is 0.230 e. The summed E-state index contributed by atoms with van der Waals surface area (Å²) >= 11 is 3.14. The Labute approximate surface area is 138 Å². The Morgan fingerprint density at radius 2 is 2.23 bits per heavy atom. The van der Waals surface area contributed by atoms with Gasteiger partial charge in [0.2, 0.25) is 5.91 Å². The van der Waals surface area contributed by atoms with E-state index in [1.165, 1.54) is 29.5 Å². The standard InChI is InChI=1S/C15H20N4OS2/c1-10-7-11(8-21-10)14-17-18-15(19(14)2)22-9-13(20)16-12-5-3-4-6-12/h7-8,12H,3-6,9H2,1-2H3,(H,16,20). The van der Waals surface area contributed by atoms with Gasteiger partial charge in [-0.25, -0.2) is 0 Å². The SMILES string of the molecule is Cc1cc(-c2nnc(SCC(=O)NC3CCCC3)n2C)cs1. The molecule has 22 heavy (non-hydrogen) atoms. The first kappa shape index (κ1) is 15.6. The van der Waals surface area contributed by atoms with E-state index >= 15 is 0 Å². The van der Waals surface area contributed by atoms with Gasteiger partial charge in [-0.05, 0) is 25.8 Å². The molecule has 0 aliphatic heterocycles. The minimum absolute atomic E-state index is 0.0906. The Morgan fingerprint density at radius 1 is 1.45 bits per heavy atom. The molecule has 2 heterocycles. The molecule has 0 unspecified atom stereocenters. The number of rotatable bonds is 5. The third-order valence-electron chi connectivity index (χ3n) is 3.88. The van der Waals surface area contributed by atoms with Crippen molar-refractivity contribution >= 4 is 29.0 Å². The van der Waals surface area contributed by atoms with Crippen LogP contribution in [-0.2, 0) is 11.8 Å². The maximum absolute atomic E-state index is 12.0. The number of aryl methyl sites for hydroxylation is 1. The van der Waals surface area contributed by atoms with Crippen molar-refractivity contribution in [1.29, 1.82) is 0 Å². The number of carbonyl (C=O) groups is 1. The lowest BCUT2D eigenvalue weighted by Gasteiger charge is -2.11. The molecule has 1 aliphatic carbocycles. The van der Waals surface area contributed by atoms with E-state index in [4.69, 9.17) is 0 Å². The average molecular weight is 336 g/mol. The highest BCUT2D eigenvalue weighted by Crippen LogP contribution is 2.26. The van der Waals surface area contributed by atoms with Gasteiger partial charge in [-0.3, -0.25) is 4.79 Å². The molecule has 0 atom stereocenters. The third-order valence-corrected chi connectivity index (χ3v) is 5.76. The summed E-state index contributed by atoms with van der Waals surface area (Å²) in [7, 11) is 1.94. The van der Waals surface area contributed by atoms with Crippen LogP contribution in [0.4, 0.5) is 0 Å². The molecule has 3 rings (SSSR count). The Bertz CT molecular complexity index is 658. The van der Waals surface area contributed by atoms with E-state index in [1.807, 2.05) is 11.6 Å². The fourth-order valence-corrected chi connectivity index (χ4v) is 4.13. The van der Waals surface area contributed by atoms with Crippen LogP contribution in [0, 0.1) is 6.92 Å². The highest BCUT2D eigenvalue weighted by molar-refractivity contribution is 7.99. The molecule has 2 aromatic heterocycles. The summed E-state index contributed by atoms with van der Waals surface area (Å²) in [6.07, 6.45) is 4.68. The van der Waals surface area contributed by atoms with E-state index in [2.05, 4.69) is 33.9 Å². The molecule has 0 spiro atoms. The lowest BCUT2D eigenvalue weighted by Crippen LogP contribution is -2.33. The van der Waals surface area contributed by atoms with Crippen LogP contribution < -0.4 is 5.32 Å². The van der Waals surface area contributed by atoms with Crippen LogP contribution >= 0.6 is 23.1 Å². The van der Waals surface area contributed by atoms with Gasteiger partial charge >= 0.3 is 0 Å². The number of hydrogen-bond donors (Lipinski definition) is 1. The van der Waals surface area contributed by atoms with Crippen LogP contribution in [0.2, 0.25) is 0 Å². The zero-order valence-electron chi connectivity index (χ0n) is 12.8. The second-order valence-corrected chi connectivity index (χ2v) is 7.71. The van der Waals surface area contributed by atoms with Gasteiger partial charge in [0.15, 0.2) is 11.0 Å². The zero-order valence-corrected chi connectivity index (χ0v) is 14.5. The fourth-order valence-electron chi connectivity index (χ4n) is 2.72. The summed E-state index contributed by atoms with van der Waals surface area (Å²) in [6.45, 7) is 2.08. The minimum Gasteiger partial charge on any atom is -0.353 e. The lowest BCUT2D eigenvalue weighted by atomic mass is 10.2. The molecule has 0 bridgehead atoms. The van der Waals surface area contributed by atoms with E-state index < -0.39 is 0 Å². The molecule has 118 valence electrons. The Hall–Kier alpha value is -1.34. The Balaban J connectivity index is 1.59. The molecule has 2 aromatic rings. The largest absolute Gasteiger partial charge is 0.353 e. The number of thioether (sulfide) groups is 1. The van der Waals surface area contributed by atoms with Crippen LogP contribution in [0.3, 0.4) is 0 Å². The van der Waals surface area contributed by atoms with Crippen LogP contribution in [0.5, 0.6) is 0 Å². The van der Waals surface area contributed by atoms with E-state index in [0.717, 1.165) is 29.4 Å². The molecule has 0 saturated heterocycles. The van der Waals surface area contributed by atoms with E-state index in [-0.39, 0.29) is 5.91 Å². The second kappa shape index (κ2) is 6.83. The number of nitrogens with one attached hydrogen (secondary N) is 1. The van der Waals surface area contributed by atoms with Crippen molar-refractivity contribution in [3.8, 4) is 11.4 Å². The molecule has 1 amide bonds. The van der Waals surface area contributed by atoms with Gasteiger partial charge < -0.3 is 9.88 Å². The van der Waals surface area contributed by atoms with Gasteiger partial charge in [-0.15, -0.1) is 21.5 Å². The second-order valence-electron chi connectivity index (χ2n) is 5.65. The maximum atomic E-state index is 12.0. The summed E-state index contributed by atoms with van der Waals surface area (Å²) in [5.41, 5.74) is 1.08. The topological polar surface area (TPSA) is 59.8 Å². The Kier molecular flexibility index (Phi) is 4.83. The first-order valence-electron chi connectivity index (χ1n) is 7.50. The monoisotopic (exact) mass is 336 g/mol. The quantitative estimate of drug-likeness (QED) is 0.853. The molecule has 1 fully saturated rings. The summed E-state index contributed by atoms with van der Waals surface area (Å²) in [5, 5.41) is 14.4. The third kappa shape index (κ3) is 3.52. The zero-order chi connectivity index (χ0) is 15.5. The highest BCUT2D eigenvalue weighted by Gasteiger charge is 2.18. The van der Waals surface area contributed by atoms with Gasteiger partial charge in [-0.1, -0.05) is 24.6 Å². The molecule has 5 nitrogen and oxygen atoms in total. The highest BCUT2D eigenvalue weighted by atomic mass is 32.2. The van der Waals surface area contributed by atoms with Gasteiger partial charge in [0, 0.05) is 28.9 Å². The Morgan fingerprint density at radius 3 is 2.91 bits per heavy atom. The number of thiophene rings is 1. The van der Waals surface area contributed by atoms with Crippen LogP contribution in [0.1, 0.15) is 30.6 Å². The van der Waals surface area contributed by atoms with Crippen LogP contribution in [0.25, 0.3) is 11.4 Å². The summed E-state index contributed by atoms with van der Waals surface area (Å²) in [5.74, 6) is 1.33. The van der Waals surface area contributed by atoms with E-state index in [9.17, 15) is 4.79 Å².